The van der Waals surface area contributed by atoms with Crippen LogP contribution in [0, 0.1) is 0 Å². The van der Waals surface area contributed by atoms with E-state index in [2.05, 4.69) is 20.4 Å². The topological polar surface area (TPSA) is 113 Å². The molecule has 0 aliphatic carbocycles. The average Bonchev–Trinajstić information content (AvgIpc) is 2.87. The fourth-order valence-electron chi connectivity index (χ4n) is 1.85. The van der Waals surface area contributed by atoms with Crippen molar-refractivity contribution in [2.45, 2.75) is 0 Å². The lowest BCUT2D eigenvalue weighted by Gasteiger charge is -2.26. The number of nitrogens with two attached hydrogens (primary N) is 1. The molecule has 0 radical (unpaired) electrons. The molecule has 20 heavy (non-hydrogen) atoms. The molecule has 0 atom stereocenters. The van der Waals surface area contributed by atoms with Crippen molar-refractivity contribution in [1.82, 2.24) is 15.2 Å². The fourth-order valence-corrected chi connectivity index (χ4v) is 2.39. The molecule has 1 aliphatic heterocycles. The largest absolute Gasteiger partial charge is 0.410 e. The summed E-state index contributed by atoms with van der Waals surface area (Å²) in [5.41, 5.74) is 5.64. The van der Waals surface area contributed by atoms with Crippen molar-refractivity contribution in [3.8, 4) is 0 Å². The van der Waals surface area contributed by atoms with Crippen LogP contribution < -0.4 is 11.1 Å². The van der Waals surface area contributed by atoms with E-state index in [1.807, 2.05) is 0 Å². The maximum absolute atomic E-state index is 11.9. The molecule has 1 aromatic rings. The quantitative estimate of drug-likeness (QED) is 0.378. The van der Waals surface area contributed by atoms with Gasteiger partial charge < -0.3 is 21.0 Å². The van der Waals surface area contributed by atoms with Crippen LogP contribution in [0.4, 0.5) is 5.13 Å². The lowest BCUT2D eigenvalue weighted by molar-refractivity contribution is -0.114. The molecule has 4 N–H and O–H groups in total. The first-order chi connectivity index (χ1) is 9.70. The summed E-state index contributed by atoms with van der Waals surface area (Å²) in [6.07, 6.45) is 0. The molecule has 2 heterocycles. The van der Waals surface area contributed by atoms with Crippen molar-refractivity contribution in [2.24, 2.45) is 5.16 Å². The van der Waals surface area contributed by atoms with Gasteiger partial charge in [0.15, 0.2) is 10.8 Å². The van der Waals surface area contributed by atoms with E-state index in [1.165, 1.54) is 11.3 Å². The van der Waals surface area contributed by atoms with Gasteiger partial charge in [-0.1, -0.05) is 5.16 Å². The Morgan fingerprint density at radius 2 is 2.35 bits per heavy atom. The Bertz CT molecular complexity index is 484. The van der Waals surface area contributed by atoms with Gasteiger partial charge in [0.1, 0.15) is 5.69 Å². The molecular formula is C11H17N5O3S. The van der Waals surface area contributed by atoms with E-state index in [0.29, 0.717) is 11.7 Å². The van der Waals surface area contributed by atoms with E-state index in [1.54, 1.807) is 5.38 Å². The van der Waals surface area contributed by atoms with Gasteiger partial charge in [0.2, 0.25) is 0 Å². The number of nitrogen functional groups attached to an aromatic ring is 1. The summed E-state index contributed by atoms with van der Waals surface area (Å²) in [6, 6.07) is 0. The Kier molecular flexibility index (Phi) is 5.27. The van der Waals surface area contributed by atoms with Crippen LogP contribution in [-0.2, 0) is 9.53 Å². The number of nitrogens with zero attached hydrogens (tertiary/aromatic N) is 3. The van der Waals surface area contributed by atoms with Gasteiger partial charge in [-0.2, -0.15) is 0 Å². The van der Waals surface area contributed by atoms with Crippen LogP contribution >= 0.6 is 11.3 Å². The lowest BCUT2D eigenvalue weighted by atomic mass is 10.3. The number of aromatic nitrogens is 1. The molecule has 0 spiro atoms. The number of carbonyl (C=O) groups excluding carboxylic acids is 1. The van der Waals surface area contributed by atoms with Gasteiger partial charge >= 0.3 is 0 Å². The van der Waals surface area contributed by atoms with Gasteiger partial charge in [-0.3, -0.25) is 9.69 Å². The van der Waals surface area contributed by atoms with Crippen molar-refractivity contribution >= 4 is 28.1 Å². The molecule has 1 aliphatic rings. The second kappa shape index (κ2) is 7.17. The average molecular weight is 299 g/mol. The van der Waals surface area contributed by atoms with E-state index in [0.717, 1.165) is 32.8 Å². The van der Waals surface area contributed by atoms with Gasteiger partial charge in [0, 0.05) is 31.6 Å². The van der Waals surface area contributed by atoms with E-state index < -0.39 is 5.91 Å². The number of thiazole rings is 1. The highest BCUT2D eigenvalue weighted by Gasteiger charge is 2.18. The lowest BCUT2D eigenvalue weighted by Crippen LogP contribution is -2.42. The van der Waals surface area contributed by atoms with Gasteiger partial charge in [0.05, 0.1) is 13.2 Å². The molecule has 110 valence electrons. The first kappa shape index (κ1) is 14.7. The van der Waals surface area contributed by atoms with Gasteiger partial charge in [-0.25, -0.2) is 4.98 Å². The number of hydrogen-bond acceptors (Lipinski definition) is 8. The molecule has 9 heteroatoms. The van der Waals surface area contributed by atoms with Crippen LogP contribution in [0.3, 0.4) is 0 Å². The van der Waals surface area contributed by atoms with Crippen molar-refractivity contribution in [3.63, 3.8) is 0 Å². The fraction of sp³-hybridized carbons (Fsp3) is 0.545. The molecular weight excluding hydrogens is 282 g/mol. The third-order valence-corrected chi connectivity index (χ3v) is 3.57. The molecule has 1 aromatic heterocycles. The number of anilines is 1. The highest BCUT2D eigenvalue weighted by Crippen LogP contribution is 2.11. The van der Waals surface area contributed by atoms with Gasteiger partial charge in [-0.15, -0.1) is 11.3 Å². The monoisotopic (exact) mass is 299 g/mol. The number of rotatable bonds is 5. The third kappa shape index (κ3) is 3.89. The SMILES string of the molecule is Nc1nc(/C(=N\O)C(=O)NCCN2CCOCC2)cs1. The minimum atomic E-state index is -0.467. The van der Waals surface area contributed by atoms with Crippen molar-refractivity contribution in [2.75, 3.05) is 45.1 Å². The minimum absolute atomic E-state index is 0.125. The maximum atomic E-state index is 11.9. The molecule has 0 saturated carbocycles. The highest BCUT2D eigenvalue weighted by molar-refractivity contribution is 7.13. The third-order valence-electron chi connectivity index (χ3n) is 2.90. The molecule has 1 fully saturated rings. The second-order valence-electron chi connectivity index (χ2n) is 4.23. The predicted octanol–water partition coefficient (Wildman–Crippen LogP) is -0.648. The van der Waals surface area contributed by atoms with Crippen LogP contribution in [0.5, 0.6) is 0 Å². The highest BCUT2D eigenvalue weighted by atomic mass is 32.1. The van der Waals surface area contributed by atoms with Crippen LogP contribution in [0.2, 0.25) is 0 Å². The number of carbonyl (C=O) groups is 1. The van der Waals surface area contributed by atoms with Crippen molar-refractivity contribution in [1.29, 1.82) is 0 Å². The molecule has 0 aromatic carbocycles. The number of ether oxygens (including phenoxy) is 1. The normalized spacial score (nSPS) is 17.1. The molecule has 2 rings (SSSR count). The Morgan fingerprint density at radius 3 is 2.95 bits per heavy atom. The van der Waals surface area contributed by atoms with Gasteiger partial charge in [-0.05, 0) is 0 Å². The summed E-state index contributed by atoms with van der Waals surface area (Å²) in [6.45, 7) is 4.36. The van der Waals surface area contributed by atoms with E-state index >= 15 is 0 Å². The molecule has 1 saturated heterocycles. The zero-order valence-electron chi connectivity index (χ0n) is 10.9. The first-order valence-electron chi connectivity index (χ1n) is 6.22. The van der Waals surface area contributed by atoms with Crippen molar-refractivity contribution < 1.29 is 14.7 Å². The Hall–Kier alpha value is -1.71. The standard InChI is InChI=1S/C11H17N5O3S/c12-11-14-8(7-20-11)9(15-18)10(17)13-1-2-16-3-5-19-6-4-16/h7,18H,1-6H2,(H2,12,14)(H,13,17)/b15-9+. The number of hydrogen-bond donors (Lipinski definition) is 3. The summed E-state index contributed by atoms with van der Waals surface area (Å²) in [4.78, 5) is 18.0. The second-order valence-corrected chi connectivity index (χ2v) is 5.12. The molecule has 0 bridgehead atoms. The number of amides is 1. The maximum Gasteiger partial charge on any atom is 0.275 e. The predicted molar refractivity (Wildman–Crippen MR) is 75.1 cm³/mol. The van der Waals surface area contributed by atoms with Crippen molar-refractivity contribution in [3.05, 3.63) is 11.1 Å². The van der Waals surface area contributed by atoms with Crippen LogP contribution in [0.15, 0.2) is 10.5 Å². The summed E-state index contributed by atoms with van der Waals surface area (Å²) in [5, 5.41) is 16.5. The van der Waals surface area contributed by atoms with Crippen LogP contribution in [-0.4, -0.2) is 66.1 Å². The Morgan fingerprint density at radius 1 is 1.60 bits per heavy atom. The number of morpholine rings is 1. The molecule has 1 amide bonds. The zero-order chi connectivity index (χ0) is 14.4. The molecule has 8 nitrogen and oxygen atoms in total. The van der Waals surface area contributed by atoms with E-state index in [9.17, 15) is 4.79 Å². The first-order valence-corrected chi connectivity index (χ1v) is 7.10. The number of oxime groups is 1. The smallest absolute Gasteiger partial charge is 0.275 e. The Labute approximate surface area is 120 Å². The molecule has 0 unspecified atom stereocenters. The summed E-state index contributed by atoms with van der Waals surface area (Å²) < 4.78 is 5.24. The van der Waals surface area contributed by atoms with E-state index in [-0.39, 0.29) is 11.4 Å². The van der Waals surface area contributed by atoms with Gasteiger partial charge in [0.25, 0.3) is 5.91 Å². The summed E-state index contributed by atoms with van der Waals surface area (Å²) in [5.74, 6) is -0.467. The van der Waals surface area contributed by atoms with Crippen LogP contribution in [0.25, 0.3) is 0 Å². The van der Waals surface area contributed by atoms with Crippen LogP contribution in [0.1, 0.15) is 5.69 Å². The number of nitrogens with one attached hydrogen (secondary N) is 1. The summed E-state index contributed by atoms with van der Waals surface area (Å²) in [7, 11) is 0. The minimum Gasteiger partial charge on any atom is -0.410 e. The Balaban J connectivity index is 1.81. The summed E-state index contributed by atoms with van der Waals surface area (Å²) >= 11 is 1.18. The van der Waals surface area contributed by atoms with E-state index in [4.69, 9.17) is 15.7 Å². The zero-order valence-corrected chi connectivity index (χ0v) is 11.7.